The third kappa shape index (κ3) is 3.44. The number of hydrogen-bond acceptors (Lipinski definition) is 3. The van der Waals surface area contributed by atoms with Crippen LogP contribution in [0, 0.1) is 5.92 Å². The van der Waals surface area contributed by atoms with Crippen molar-refractivity contribution in [2.45, 2.75) is 19.4 Å². The van der Waals surface area contributed by atoms with Crippen LogP contribution in [0.25, 0.3) is 5.65 Å². The second-order valence-electron chi connectivity index (χ2n) is 5.32. The van der Waals surface area contributed by atoms with Gasteiger partial charge in [0, 0.05) is 25.5 Å². The number of nitrogens with two attached hydrogens (primary N) is 1. The molecule has 110 valence electrons. The number of rotatable bonds is 3. The van der Waals surface area contributed by atoms with Crippen LogP contribution in [0.2, 0.25) is 5.02 Å². The molecule has 3 heterocycles. The van der Waals surface area contributed by atoms with E-state index in [1.165, 1.54) is 12.8 Å². The summed E-state index contributed by atoms with van der Waals surface area (Å²) in [6.07, 6.45) is 6.45. The molecule has 2 N–H and O–H groups in total. The standard InChI is InChI=1S/C14H19ClN4.ClH/c15-12-3-4-14-17-13(10-19(14)8-12)9-18-5-1-2-11(6-16)7-18;/h3-4,8,10-11H,1-2,5-7,9,16H2;1H. The molecule has 2 aromatic heterocycles. The maximum absolute atomic E-state index is 5.98. The van der Waals surface area contributed by atoms with Gasteiger partial charge >= 0.3 is 0 Å². The van der Waals surface area contributed by atoms with Gasteiger partial charge in [-0.3, -0.25) is 4.90 Å². The van der Waals surface area contributed by atoms with Crippen molar-refractivity contribution >= 4 is 29.7 Å². The van der Waals surface area contributed by atoms with Crippen molar-refractivity contribution in [2.24, 2.45) is 11.7 Å². The lowest BCUT2D eigenvalue weighted by Gasteiger charge is -2.31. The molecule has 1 fully saturated rings. The highest BCUT2D eigenvalue weighted by Gasteiger charge is 2.19. The predicted molar refractivity (Wildman–Crippen MR) is 84.5 cm³/mol. The Bertz CT molecular complexity index is 569. The molecule has 0 saturated carbocycles. The van der Waals surface area contributed by atoms with Gasteiger partial charge in [-0.25, -0.2) is 4.98 Å². The first-order valence-corrected chi connectivity index (χ1v) is 7.18. The van der Waals surface area contributed by atoms with Crippen molar-refractivity contribution in [1.82, 2.24) is 14.3 Å². The van der Waals surface area contributed by atoms with Crippen molar-refractivity contribution in [3.63, 3.8) is 0 Å². The Hall–Kier alpha value is -0.810. The topological polar surface area (TPSA) is 46.6 Å². The van der Waals surface area contributed by atoms with Gasteiger partial charge in [-0.2, -0.15) is 0 Å². The summed E-state index contributed by atoms with van der Waals surface area (Å²) in [7, 11) is 0. The van der Waals surface area contributed by atoms with E-state index >= 15 is 0 Å². The predicted octanol–water partition coefficient (Wildman–Crippen LogP) is 2.58. The molecule has 1 saturated heterocycles. The number of aromatic nitrogens is 2. The molecule has 20 heavy (non-hydrogen) atoms. The molecule has 0 bridgehead atoms. The lowest BCUT2D eigenvalue weighted by atomic mass is 9.98. The molecule has 0 amide bonds. The van der Waals surface area contributed by atoms with E-state index in [2.05, 4.69) is 16.1 Å². The van der Waals surface area contributed by atoms with Crippen LogP contribution in [-0.2, 0) is 6.54 Å². The number of pyridine rings is 1. The summed E-state index contributed by atoms with van der Waals surface area (Å²) in [5.41, 5.74) is 7.82. The number of nitrogens with zero attached hydrogens (tertiary/aromatic N) is 3. The second-order valence-corrected chi connectivity index (χ2v) is 5.76. The SMILES string of the molecule is Cl.NCC1CCCN(Cc2cn3cc(Cl)ccc3n2)C1. The Morgan fingerprint density at radius 3 is 3.00 bits per heavy atom. The van der Waals surface area contributed by atoms with Gasteiger partial charge in [-0.15, -0.1) is 12.4 Å². The molecule has 1 unspecified atom stereocenters. The number of fused-ring (bicyclic) bond motifs is 1. The van der Waals surface area contributed by atoms with E-state index in [1.807, 2.05) is 22.7 Å². The summed E-state index contributed by atoms with van der Waals surface area (Å²) in [5.74, 6) is 0.639. The quantitative estimate of drug-likeness (QED) is 0.947. The largest absolute Gasteiger partial charge is 0.330 e. The van der Waals surface area contributed by atoms with Crippen molar-refractivity contribution in [1.29, 1.82) is 0 Å². The first kappa shape index (κ1) is 15.6. The maximum atomic E-state index is 5.98. The van der Waals surface area contributed by atoms with E-state index < -0.39 is 0 Å². The first-order chi connectivity index (χ1) is 9.24. The Labute approximate surface area is 130 Å². The minimum absolute atomic E-state index is 0. The van der Waals surface area contributed by atoms with Crippen LogP contribution in [0.15, 0.2) is 24.5 Å². The molecule has 0 spiro atoms. The maximum Gasteiger partial charge on any atom is 0.137 e. The van der Waals surface area contributed by atoms with Crippen LogP contribution in [0.4, 0.5) is 0 Å². The Morgan fingerprint density at radius 2 is 2.20 bits per heavy atom. The Balaban J connectivity index is 0.00000147. The fourth-order valence-electron chi connectivity index (χ4n) is 2.81. The first-order valence-electron chi connectivity index (χ1n) is 6.80. The molecule has 3 rings (SSSR count). The molecular formula is C14H20Cl2N4. The second kappa shape index (κ2) is 6.76. The number of imidazole rings is 1. The summed E-state index contributed by atoms with van der Waals surface area (Å²) in [5, 5.41) is 0.734. The summed E-state index contributed by atoms with van der Waals surface area (Å²) in [4.78, 5) is 7.08. The summed E-state index contributed by atoms with van der Waals surface area (Å²) < 4.78 is 1.99. The molecule has 2 aromatic rings. The minimum Gasteiger partial charge on any atom is -0.330 e. The Morgan fingerprint density at radius 1 is 1.35 bits per heavy atom. The van der Waals surface area contributed by atoms with Crippen LogP contribution < -0.4 is 5.73 Å². The van der Waals surface area contributed by atoms with Crippen LogP contribution in [0.5, 0.6) is 0 Å². The van der Waals surface area contributed by atoms with E-state index in [1.54, 1.807) is 0 Å². The van der Waals surface area contributed by atoms with Gasteiger partial charge in [-0.1, -0.05) is 11.6 Å². The number of piperidine rings is 1. The van der Waals surface area contributed by atoms with Crippen molar-refractivity contribution in [3.8, 4) is 0 Å². The number of likely N-dealkylation sites (tertiary alicyclic amines) is 1. The highest BCUT2D eigenvalue weighted by Crippen LogP contribution is 2.18. The Kier molecular flexibility index (Phi) is 5.27. The van der Waals surface area contributed by atoms with Gasteiger partial charge in [0.25, 0.3) is 0 Å². The average Bonchev–Trinajstić information content (AvgIpc) is 2.80. The van der Waals surface area contributed by atoms with Gasteiger partial charge in [0.15, 0.2) is 0 Å². The highest BCUT2D eigenvalue weighted by molar-refractivity contribution is 6.30. The van der Waals surface area contributed by atoms with E-state index in [0.717, 1.165) is 42.5 Å². The van der Waals surface area contributed by atoms with Gasteiger partial charge in [-0.05, 0) is 44.0 Å². The van der Waals surface area contributed by atoms with E-state index in [9.17, 15) is 0 Å². The zero-order chi connectivity index (χ0) is 13.2. The van der Waals surface area contributed by atoms with Crippen molar-refractivity contribution in [3.05, 3.63) is 35.2 Å². The summed E-state index contributed by atoms with van der Waals surface area (Å²) in [6, 6.07) is 3.82. The highest BCUT2D eigenvalue weighted by atomic mass is 35.5. The molecule has 1 aliphatic rings. The smallest absolute Gasteiger partial charge is 0.137 e. The van der Waals surface area contributed by atoms with Crippen molar-refractivity contribution in [2.75, 3.05) is 19.6 Å². The molecule has 0 aliphatic carbocycles. The zero-order valence-electron chi connectivity index (χ0n) is 11.3. The van der Waals surface area contributed by atoms with E-state index in [4.69, 9.17) is 17.3 Å². The van der Waals surface area contributed by atoms with Crippen LogP contribution in [0.3, 0.4) is 0 Å². The lowest BCUT2D eigenvalue weighted by Crippen LogP contribution is -2.37. The molecule has 1 aliphatic heterocycles. The van der Waals surface area contributed by atoms with Gasteiger partial charge < -0.3 is 10.1 Å². The third-order valence-electron chi connectivity index (χ3n) is 3.79. The fraction of sp³-hybridized carbons (Fsp3) is 0.500. The molecule has 0 aromatic carbocycles. The molecule has 1 atom stereocenters. The number of hydrogen-bond donors (Lipinski definition) is 1. The van der Waals surface area contributed by atoms with Crippen LogP contribution in [0.1, 0.15) is 18.5 Å². The average molecular weight is 315 g/mol. The van der Waals surface area contributed by atoms with Gasteiger partial charge in [0.2, 0.25) is 0 Å². The summed E-state index contributed by atoms with van der Waals surface area (Å²) >= 11 is 5.98. The normalized spacial score (nSPS) is 20.0. The number of halogens is 2. The van der Waals surface area contributed by atoms with E-state index in [-0.39, 0.29) is 12.4 Å². The molecular weight excluding hydrogens is 295 g/mol. The van der Waals surface area contributed by atoms with Crippen molar-refractivity contribution < 1.29 is 0 Å². The third-order valence-corrected chi connectivity index (χ3v) is 4.01. The molecule has 0 radical (unpaired) electrons. The molecule has 6 heteroatoms. The van der Waals surface area contributed by atoms with Crippen LogP contribution >= 0.6 is 24.0 Å². The van der Waals surface area contributed by atoms with Crippen LogP contribution in [-0.4, -0.2) is 33.9 Å². The summed E-state index contributed by atoms with van der Waals surface area (Å²) in [6.45, 7) is 3.92. The lowest BCUT2D eigenvalue weighted by molar-refractivity contribution is 0.169. The monoisotopic (exact) mass is 314 g/mol. The minimum atomic E-state index is 0. The molecule has 4 nitrogen and oxygen atoms in total. The zero-order valence-corrected chi connectivity index (χ0v) is 12.9. The van der Waals surface area contributed by atoms with E-state index in [0.29, 0.717) is 5.92 Å². The van der Waals surface area contributed by atoms with Gasteiger partial charge in [0.1, 0.15) is 5.65 Å². The van der Waals surface area contributed by atoms with Gasteiger partial charge in [0.05, 0.1) is 10.7 Å². The fourth-order valence-corrected chi connectivity index (χ4v) is 2.98.